The summed E-state index contributed by atoms with van der Waals surface area (Å²) >= 11 is 0. The topological polar surface area (TPSA) is 79.0 Å². The average Bonchev–Trinajstić information content (AvgIpc) is 3.47. The van der Waals surface area contributed by atoms with Gasteiger partial charge in [0.05, 0.1) is 6.61 Å². The van der Waals surface area contributed by atoms with Crippen molar-refractivity contribution in [2.45, 2.75) is 70.7 Å². The number of carbonyl (C=O) groups excluding carboxylic acids is 3. The van der Waals surface area contributed by atoms with Gasteiger partial charge >= 0.3 is 0 Å². The summed E-state index contributed by atoms with van der Waals surface area (Å²) in [5.41, 5.74) is 0.620. The van der Waals surface area contributed by atoms with Crippen molar-refractivity contribution >= 4 is 17.7 Å². The highest BCUT2D eigenvalue weighted by Crippen LogP contribution is 2.39. The van der Waals surface area contributed by atoms with Gasteiger partial charge in [0, 0.05) is 44.0 Å². The third kappa shape index (κ3) is 4.47. The molecule has 1 spiro atoms. The molecule has 1 saturated carbocycles. The molecule has 1 atom stereocenters. The molecule has 3 amide bonds. The number of hydrogen-bond acceptors (Lipinski definition) is 4. The van der Waals surface area contributed by atoms with E-state index in [-0.39, 0.29) is 30.4 Å². The maximum atomic E-state index is 13.7. The molecule has 7 nitrogen and oxygen atoms in total. The highest BCUT2D eigenvalue weighted by atomic mass is 16.5. The molecule has 168 valence electrons. The van der Waals surface area contributed by atoms with Crippen LogP contribution in [0.2, 0.25) is 0 Å². The Morgan fingerprint density at radius 3 is 2.45 bits per heavy atom. The highest BCUT2D eigenvalue weighted by Gasteiger charge is 2.54. The van der Waals surface area contributed by atoms with E-state index in [1.54, 1.807) is 11.0 Å². The zero-order chi connectivity index (χ0) is 22.2. The van der Waals surface area contributed by atoms with Crippen molar-refractivity contribution in [2.75, 3.05) is 19.7 Å². The van der Waals surface area contributed by atoms with E-state index in [0.29, 0.717) is 43.8 Å². The number of piperidine rings is 1. The fourth-order valence-electron chi connectivity index (χ4n) is 4.62. The molecule has 3 fully saturated rings. The van der Waals surface area contributed by atoms with Gasteiger partial charge in [-0.3, -0.25) is 19.3 Å². The van der Waals surface area contributed by atoms with Crippen molar-refractivity contribution < 1.29 is 19.1 Å². The summed E-state index contributed by atoms with van der Waals surface area (Å²) in [6.07, 6.45) is 3.53. The van der Waals surface area contributed by atoms with Crippen LogP contribution < -0.4 is 5.32 Å². The number of carbonyl (C=O) groups is 3. The van der Waals surface area contributed by atoms with E-state index in [1.807, 2.05) is 43.9 Å². The van der Waals surface area contributed by atoms with E-state index in [1.165, 1.54) is 0 Å². The average molecular weight is 428 g/mol. The normalized spacial score (nSPS) is 22.8. The Hall–Kier alpha value is -2.41. The van der Waals surface area contributed by atoms with Crippen LogP contribution in [0, 0.1) is 12.8 Å². The first kappa shape index (κ1) is 21.8. The molecule has 2 heterocycles. The lowest BCUT2D eigenvalue weighted by Gasteiger charge is -2.44. The Kier molecular flexibility index (Phi) is 6.06. The van der Waals surface area contributed by atoms with Gasteiger partial charge in [-0.15, -0.1) is 0 Å². The zero-order valence-corrected chi connectivity index (χ0v) is 18.7. The van der Waals surface area contributed by atoms with Gasteiger partial charge in [0.25, 0.3) is 5.91 Å². The van der Waals surface area contributed by atoms with E-state index < -0.39 is 11.8 Å². The predicted octanol–water partition coefficient (Wildman–Crippen LogP) is 2.48. The molecule has 1 aliphatic carbocycles. The quantitative estimate of drug-likeness (QED) is 0.783. The number of nitrogens with zero attached hydrogens (tertiary/aromatic N) is 2. The second-order valence-corrected chi connectivity index (χ2v) is 9.52. The highest BCUT2D eigenvalue weighted by molar-refractivity contribution is 5.99. The Balaban J connectivity index is 1.57. The van der Waals surface area contributed by atoms with Crippen molar-refractivity contribution in [2.24, 2.45) is 5.92 Å². The van der Waals surface area contributed by atoms with Gasteiger partial charge in [0.1, 0.15) is 11.8 Å². The first-order valence-electron chi connectivity index (χ1n) is 11.4. The molecular weight excluding hydrogens is 394 g/mol. The summed E-state index contributed by atoms with van der Waals surface area (Å²) in [5, 5.41) is 3.04. The minimum absolute atomic E-state index is 0.139. The zero-order valence-electron chi connectivity index (χ0n) is 18.7. The fourth-order valence-corrected chi connectivity index (χ4v) is 4.62. The number of nitrogens with one attached hydrogen (secondary N) is 1. The second-order valence-electron chi connectivity index (χ2n) is 9.52. The summed E-state index contributed by atoms with van der Waals surface area (Å²) < 4.78 is 6.23. The summed E-state index contributed by atoms with van der Waals surface area (Å²) in [7, 11) is 0. The standard InChI is InChI=1S/C24H33N3O4/c1-16(2)14-21(28)26-12-10-24(11-13-26)27(23(30)19-7-5-4-6-17(19)3)20(15-31-24)22(29)25-18-8-9-18/h4-7,16,18,20H,8-15H2,1-3H3,(H,25,29). The van der Waals surface area contributed by atoms with Gasteiger partial charge in [0.15, 0.2) is 0 Å². The molecule has 1 unspecified atom stereocenters. The SMILES string of the molecule is Cc1ccccc1C(=O)N1C(C(=O)NC2CC2)COC12CCN(C(=O)CC(C)C)CC2. The lowest BCUT2D eigenvalue weighted by atomic mass is 9.95. The number of aryl methyl sites for hydroxylation is 1. The lowest BCUT2D eigenvalue weighted by molar-refractivity contribution is -0.144. The van der Waals surface area contributed by atoms with Gasteiger partial charge in [-0.25, -0.2) is 0 Å². The van der Waals surface area contributed by atoms with Gasteiger partial charge in [-0.05, 0) is 37.3 Å². The molecule has 1 aromatic carbocycles. The van der Waals surface area contributed by atoms with Crippen molar-refractivity contribution in [3.8, 4) is 0 Å². The van der Waals surface area contributed by atoms with Gasteiger partial charge in [-0.1, -0.05) is 32.0 Å². The van der Waals surface area contributed by atoms with E-state index in [2.05, 4.69) is 5.32 Å². The summed E-state index contributed by atoms with van der Waals surface area (Å²) in [4.78, 5) is 42.8. The molecule has 2 saturated heterocycles. The first-order valence-corrected chi connectivity index (χ1v) is 11.4. The first-order chi connectivity index (χ1) is 14.8. The molecular formula is C24H33N3O4. The minimum atomic E-state index is -0.848. The third-order valence-electron chi connectivity index (χ3n) is 6.56. The van der Waals surface area contributed by atoms with Crippen LogP contribution in [0.1, 0.15) is 61.9 Å². The summed E-state index contributed by atoms with van der Waals surface area (Å²) in [5.74, 6) is 0.136. The largest absolute Gasteiger partial charge is 0.353 e. The smallest absolute Gasteiger partial charge is 0.257 e. The van der Waals surface area contributed by atoms with Crippen LogP contribution in [0.4, 0.5) is 0 Å². The number of amides is 3. The van der Waals surface area contributed by atoms with E-state index in [0.717, 1.165) is 18.4 Å². The van der Waals surface area contributed by atoms with Crippen LogP contribution in [0.25, 0.3) is 0 Å². The molecule has 0 radical (unpaired) electrons. The molecule has 0 bridgehead atoms. The number of likely N-dealkylation sites (tertiary alicyclic amines) is 1. The van der Waals surface area contributed by atoms with Gasteiger partial charge in [-0.2, -0.15) is 0 Å². The number of hydrogen-bond donors (Lipinski definition) is 1. The maximum Gasteiger partial charge on any atom is 0.257 e. The van der Waals surface area contributed by atoms with Crippen LogP contribution >= 0.6 is 0 Å². The molecule has 1 aromatic rings. The van der Waals surface area contributed by atoms with Crippen molar-refractivity contribution in [3.63, 3.8) is 0 Å². The molecule has 0 aromatic heterocycles. The Bertz CT molecular complexity index is 856. The molecule has 4 rings (SSSR count). The van der Waals surface area contributed by atoms with Gasteiger partial charge in [0.2, 0.25) is 11.8 Å². The molecule has 3 aliphatic rings. The predicted molar refractivity (Wildman–Crippen MR) is 116 cm³/mol. The molecule has 2 aliphatic heterocycles. The third-order valence-corrected chi connectivity index (χ3v) is 6.56. The monoisotopic (exact) mass is 427 g/mol. The molecule has 1 N–H and O–H groups in total. The molecule has 31 heavy (non-hydrogen) atoms. The summed E-state index contributed by atoms with van der Waals surface area (Å²) in [6.45, 7) is 7.23. The number of benzene rings is 1. The Labute approximate surface area is 184 Å². The van der Waals surface area contributed by atoms with Crippen LogP contribution in [-0.4, -0.2) is 65.0 Å². The number of rotatable bonds is 5. The van der Waals surface area contributed by atoms with Crippen molar-refractivity contribution in [3.05, 3.63) is 35.4 Å². The Morgan fingerprint density at radius 1 is 1.16 bits per heavy atom. The Morgan fingerprint density at radius 2 is 1.84 bits per heavy atom. The van der Waals surface area contributed by atoms with Crippen LogP contribution in [0.15, 0.2) is 24.3 Å². The minimum Gasteiger partial charge on any atom is -0.353 e. The molecule has 7 heteroatoms. The van der Waals surface area contributed by atoms with Crippen LogP contribution in [0.3, 0.4) is 0 Å². The van der Waals surface area contributed by atoms with Crippen molar-refractivity contribution in [1.29, 1.82) is 0 Å². The fraction of sp³-hybridized carbons (Fsp3) is 0.625. The number of ether oxygens (including phenoxy) is 1. The van der Waals surface area contributed by atoms with Crippen molar-refractivity contribution in [1.82, 2.24) is 15.1 Å². The lowest BCUT2D eigenvalue weighted by Crippen LogP contribution is -2.60. The van der Waals surface area contributed by atoms with E-state index in [9.17, 15) is 14.4 Å². The van der Waals surface area contributed by atoms with Gasteiger partial charge < -0.3 is 15.0 Å². The van der Waals surface area contributed by atoms with E-state index >= 15 is 0 Å². The summed E-state index contributed by atoms with van der Waals surface area (Å²) in [6, 6.07) is 7.03. The maximum absolute atomic E-state index is 13.7. The van der Waals surface area contributed by atoms with E-state index in [4.69, 9.17) is 4.74 Å². The van der Waals surface area contributed by atoms with Crippen LogP contribution in [-0.2, 0) is 14.3 Å². The second kappa shape index (κ2) is 8.61. The van der Waals surface area contributed by atoms with Crippen LogP contribution in [0.5, 0.6) is 0 Å².